The lowest BCUT2D eigenvalue weighted by molar-refractivity contribution is -0.136. The highest BCUT2D eigenvalue weighted by molar-refractivity contribution is 7.09. The Labute approximate surface area is 62.3 Å². The average Bonchev–Trinajstić information content (AvgIpc) is 2.13. The number of aryl methyl sites for hydroxylation is 1. The first-order valence-corrected chi connectivity index (χ1v) is 3.69. The Bertz CT molecular complexity index is 244. The fraction of sp³-hybridized carbons (Fsp3) is 0.333. The van der Waals surface area contributed by atoms with E-state index in [0.29, 0.717) is 5.69 Å². The summed E-state index contributed by atoms with van der Waals surface area (Å²) in [5.41, 5.74) is 0.648. The monoisotopic (exact) mass is 157 g/mol. The van der Waals surface area contributed by atoms with Gasteiger partial charge in [-0.3, -0.25) is 4.79 Å². The maximum absolute atomic E-state index is 10.1. The van der Waals surface area contributed by atoms with Crippen LogP contribution in [0, 0.1) is 6.92 Å². The van der Waals surface area contributed by atoms with Crippen molar-refractivity contribution in [1.82, 2.24) is 4.98 Å². The zero-order chi connectivity index (χ0) is 7.56. The van der Waals surface area contributed by atoms with E-state index in [1.54, 1.807) is 5.38 Å². The topological polar surface area (TPSA) is 50.2 Å². The first-order valence-electron chi connectivity index (χ1n) is 2.81. The lowest BCUT2D eigenvalue weighted by Crippen LogP contribution is -1.99. The molecule has 3 nitrogen and oxygen atoms in total. The average molecular weight is 157 g/mol. The van der Waals surface area contributed by atoms with Gasteiger partial charge in [-0.1, -0.05) is 0 Å². The van der Waals surface area contributed by atoms with Crippen molar-refractivity contribution in [3.63, 3.8) is 0 Å². The van der Waals surface area contributed by atoms with Gasteiger partial charge in [0.15, 0.2) is 0 Å². The summed E-state index contributed by atoms with van der Waals surface area (Å²) in [4.78, 5) is 14.1. The smallest absolute Gasteiger partial charge is 0.309 e. The molecule has 4 heteroatoms. The molecular formula is C6H7NO2S. The zero-order valence-electron chi connectivity index (χ0n) is 5.50. The van der Waals surface area contributed by atoms with Gasteiger partial charge in [-0.15, -0.1) is 11.3 Å². The number of aromatic nitrogens is 1. The van der Waals surface area contributed by atoms with Crippen LogP contribution in [0.4, 0.5) is 0 Å². The number of aliphatic carboxylic acids is 1. The SMILES string of the molecule is Cc1nc(CC(=O)O)cs1. The largest absolute Gasteiger partial charge is 0.481 e. The van der Waals surface area contributed by atoms with Crippen LogP contribution >= 0.6 is 11.3 Å². The second kappa shape index (κ2) is 2.79. The van der Waals surface area contributed by atoms with Crippen LogP contribution in [0.1, 0.15) is 10.7 Å². The highest BCUT2D eigenvalue weighted by Crippen LogP contribution is 2.07. The summed E-state index contributed by atoms with van der Waals surface area (Å²) in [6, 6.07) is 0. The highest BCUT2D eigenvalue weighted by atomic mass is 32.1. The number of hydrogen-bond acceptors (Lipinski definition) is 3. The second-order valence-electron chi connectivity index (χ2n) is 1.93. The quantitative estimate of drug-likeness (QED) is 0.698. The van der Waals surface area contributed by atoms with Crippen molar-refractivity contribution in [2.75, 3.05) is 0 Å². The maximum atomic E-state index is 10.1. The molecule has 0 radical (unpaired) electrons. The van der Waals surface area contributed by atoms with Gasteiger partial charge < -0.3 is 5.11 Å². The third-order valence-corrected chi connectivity index (χ3v) is 1.82. The summed E-state index contributed by atoms with van der Waals surface area (Å²) in [6.07, 6.45) is 0.0321. The number of carboxylic acid groups (broad SMARTS) is 1. The van der Waals surface area contributed by atoms with Crippen molar-refractivity contribution in [3.8, 4) is 0 Å². The molecule has 1 heterocycles. The third kappa shape index (κ3) is 1.80. The van der Waals surface area contributed by atoms with E-state index in [1.807, 2.05) is 6.92 Å². The van der Waals surface area contributed by atoms with Crippen LogP contribution in [0.25, 0.3) is 0 Å². The van der Waals surface area contributed by atoms with Crippen LogP contribution < -0.4 is 0 Å². The Morgan fingerprint density at radius 2 is 2.60 bits per heavy atom. The summed E-state index contributed by atoms with van der Waals surface area (Å²) in [7, 11) is 0. The molecule has 1 rings (SSSR count). The predicted molar refractivity (Wildman–Crippen MR) is 38.2 cm³/mol. The van der Waals surface area contributed by atoms with E-state index in [1.165, 1.54) is 11.3 Å². The van der Waals surface area contributed by atoms with Crippen LogP contribution in [0.5, 0.6) is 0 Å². The number of nitrogens with zero attached hydrogens (tertiary/aromatic N) is 1. The van der Waals surface area contributed by atoms with E-state index in [4.69, 9.17) is 5.11 Å². The summed E-state index contributed by atoms with van der Waals surface area (Å²) in [6.45, 7) is 1.86. The Morgan fingerprint density at radius 3 is 3.00 bits per heavy atom. The van der Waals surface area contributed by atoms with Gasteiger partial charge in [0.2, 0.25) is 0 Å². The fourth-order valence-electron chi connectivity index (χ4n) is 0.644. The molecule has 0 amide bonds. The molecule has 10 heavy (non-hydrogen) atoms. The van der Waals surface area contributed by atoms with Gasteiger partial charge in [0.1, 0.15) is 0 Å². The number of rotatable bonds is 2. The minimum atomic E-state index is -0.828. The van der Waals surface area contributed by atoms with E-state index >= 15 is 0 Å². The first-order chi connectivity index (χ1) is 4.68. The van der Waals surface area contributed by atoms with Crippen molar-refractivity contribution in [3.05, 3.63) is 16.1 Å². The minimum Gasteiger partial charge on any atom is -0.481 e. The molecule has 0 aromatic carbocycles. The van der Waals surface area contributed by atoms with Crippen molar-refractivity contribution in [2.24, 2.45) is 0 Å². The molecule has 0 aliphatic carbocycles. The zero-order valence-corrected chi connectivity index (χ0v) is 6.31. The molecule has 0 spiro atoms. The molecule has 0 atom stereocenters. The molecular weight excluding hydrogens is 150 g/mol. The van der Waals surface area contributed by atoms with Crippen LogP contribution in [-0.2, 0) is 11.2 Å². The van der Waals surface area contributed by atoms with Gasteiger partial charge in [0.05, 0.1) is 17.1 Å². The molecule has 0 aliphatic heterocycles. The highest BCUT2D eigenvalue weighted by Gasteiger charge is 2.02. The van der Waals surface area contributed by atoms with Gasteiger partial charge >= 0.3 is 5.97 Å². The van der Waals surface area contributed by atoms with Gasteiger partial charge in [-0.05, 0) is 6.92 Å². The molecule has 0 fully saturated rings. The van der Waals surface area contributed by atoms with Crippen LogP contribution in [0.15, 0.2) is 5.38 Å². The van der Waals surface area contributed by atoms with Crippen LogP contribution in [0.3, 0.4) is 0 Å². The Hall–Kier alpha value is -0.900. The van der Waals surface area contributed by atoms with Gasteiger partial charge in [0.25, 0.3) is 0 Å². The predicted octanol–water partition coefficient (Wildman–Crippen LogP) is 1.08. The molecule has 1 N–H and O–H groups in total. The van der Waals surface area contributed by atoms with Crippen molar-refractivity contribution < 1.29 is 9.90 Å². The molecule has 0 saturated heterocycles. The molecule has 0 aliphatic rings. The van der Waals surface area contributed by atoms with E-state index in [9.17, 15) is 4.79 Å². The summed E-state index contributed by atoms with van der Waals surface area (Å²) >= 11 is 1.47. The van der Waals surface area contributed by atoms with E-state index in [2.05, 4.69) is 4.98 Å². The van der Waals surface area contributed by atoms with E-state index in [-0.39, 0.29) is 6.42 Å². The lowest BCUT2D eigenvalue weighted by Gasteiger charge is -1.85. The van der Waals surface area contributed by atoms with E-state index < -0.39 is 5.97 Å². The molecule has 0 bridgehead atoms. The van der Waals surface area contributed by atoms with Crippen LogP contribution in [0.2, 0.25) is 0 Å². The maximum Gasteiger partial charge on any atom is 0.309 e. The standard InChI is InChI=1S/C6H7NO2S/c1-4-7-5(3-10-4)2-6(8)9/h3H,2H2,1H3,(H,8,9). The normalized spacial score (nSPS) is 9.70. The van der Waals surface area contributed by atoms with Gasteiger partial charge in [0, 0.05) is 5.38 Å². The molecule has 0 saturated carbocycles. The first kappa shape index (κ1) is 7.21. The molecule has 1 aromatic rings. The fourth-order valence-corrected chi connectivity index (χ4v) is 1.26. The summed E-state index contributed by atoms with van der Waals surface area (Å²) in [5, 5.41) is 11.0. The van der Waals surface area contributed by atoms with Crippen LogP contribution in [-0.4, -0.2) is 16.1 Å². The Morgan fingerprint density at radius 1 is 1.90 bits per heavy atom. The summed E-state index contributed by atoms with van der Waals surface area (Å²) in [5.74, 6) is -0.828. The Balaban J connectivity index is 2.67. The van der Waals surface area contributed by atoms with Crippen molar-refractivity contribution in [1.29, 1.82) is 0 Å². The van der Waals surface area contributed by atoms with E-state index in [0.717, 1.165) is 5.01 Å². The van der Waals surface area contributed by atoms with Gasteiger partial charge in [-0.25, -0.2) is 4.98 Å². The number of thiazole rings is 1. The molecule has 1 aromatic heterocycles. The number of carboxylic acids is 1. The number of hydrogen-bond donors (Lipinski definition) is 1. The van der Waals surface area contributed by atoms with Crippen molar-refractivity contribution >= 4 is 17.3 Å². The summed E-state index contributed by atoms with van der Waals surface area (Å²) < 4.78 is 0. The van der Waals surface area contributed by atoms with Gasteiger partial charge in [-0.2, -0.15) is 0 Å². The molecule has 54 valence electrons. The lowest BCUT2D eigenvalue weighted by atomic mass is 10.3. The second-order valence-corrected chi connectivity index (χ2v) is 2.99. The molecule has 0 unspecified atom stereocenters. The van der Waals surface area contributed by atoms with Crippen molar-refractivity contribution in [2.45, 2.75) is 13.3 Å². The minimum absolute atomic E-state index is 0.0321. The Kier molecular flexibility index (Phi) is 2.01. The third-order valence-electron chi connectivity index (χ3n) is 0.999. The number of carbonyl (C=O) groups is 1.